The number of nitrogens with two attached hydrogens (primary N) is 1. The fraction of sp³-hybridized carbons (Fsp3) is 0.571. The van der Waals surface area contributed by atoms with E-state index >= 15 is 0 Å². The minimum absolute atomic E-state index is 0.121. The molecule has 1 atom stereocenters. The Hall–Kier alpha value is -1.02. The van der Waals surface area contributed by atoms with Gasteiger partial charge in [0.2, 0.25) is 0 Å². The maximum absolute atomic E-state index is 9.83. The molecule has 2 heteroatoms. The molecule has 0 saturated heterocycles. The lowest BCUT2D eigenvalue weighted by Crippen LogP contribution is -2.11. The van der Waals surface area contributed by atoms with E-state index in [1.807, 2.05) is 6.07 Å². The molecule has 1 aliphatic carbocycles. The van der Waals surface area contributed by atoms with Crippen molar-refractivity contribution in [1.82, 2.24) is 0 Å². The highest BCUT2D eigenvalue weighted by Crippen LogP contribution is 2.34. The molecular weight excluding hydrogens is 198 g/mol. The third-order valence-electron chi connectivity index (χ3n) is 3.49. The minimum atomic E-state index is -0.121. The quantitative estimate of drug-likeness (QED) is 0.747. The molecule has 0 bridgehead atoms. The number of benzene rings is 1. The standard InChI is InChI=1S/C14H21NO/c1-2-10-3-7-13(15)12(9-10)6-8-14(16)11-4-5-11/h3,7,9,11,14,16H,2,4-6,8,15H2,1H3. The van der Waals surface area contributed by atoms with Crippen LogP contribution in [0.15, 0.2) is 18.2 Å². The number of rotatable bonds is 5. The van der Waals surface area contributed by atoms with Crippen LogP contribution in [0.25, 0.3) is 0 Å². The first-order valence-corrected chi connectivity index (χ1v) is 6.26. The van der Waals surface area contributed by atoms with Crippen LogP contribution in [0.2, 0.25) is 0 Å². The Kier molecular flexibility index (Phi) is 3.49. The van der Waals surface area contributed by atoms with Gasteiger partial charge in [-0.05, 0) is 55.2 Å². The van der Waals surface area contributed by atoms with Gasteiger partial charge in [-0.1, -0.05) is 19.1 Å². The van der Waals surface area contributed by atoms with Gasteiger partial charge >= 0.3 is 0 Å². The van der Waals surface area contributed by atoms with E-state index in [2.05, 4.69) is 19.1 Å². The molecule has 0 aromatic heterocycles. The Morgan fingerprint density at radius 2 is 2.19 bits per heavy atom. The molecule has 3 N–H and O–H groups in total. The molecule has 1 aromatic carbocycles. The van der Waals surface area contributed by atoms with Gasteiger partial charge < -0.3 is 10.8 Å². The fourth-order valence-corrected chi connectivity index (χ4v) is 2.12. The van der Waals surface area contributed by atoms with Crippen molar-refractivity contribution in [3.63, 3.8) is 0 Å². The van der Waals surface area contributed by atoms with Crippen LogP contribution in [0, 0.1) is 5.92 Å². The molecule has 1 saturated carbocycles. The molecule has 1 unspecified atom stereocenters. The van der Waals surface area contributed by atoms with Crippen molar-refractivity contribution in [2.45, 2.75) is 45.1 Å². The lowest BCUT2D eigenvalue weighted by Gasteiger charge is -2.11. The number of anilines is 1. The highest BCUT2D eigenvalue weighted by molar-refractivity contribution is 5.48. The highest BCUT2D eigenvalue weighted by atomic mass is 16.3. The summed E-state index contributed by atoms with van der Waals surface area (Å²) in [6.45, 7) is 2.15. The van der Waals surface area contributed by atoms with Crippen molar-refractivity contribution in [2.24, 2.45) is 5.92 Å². The van der Waals surface area contributed by atoms with Gasteiger partial charge in [0.15, 0.2) is 0 Å². The maximum Gasteiger partial charge on any atom is 0.0571 e. The summed E-state index contributed by atoms with van der Waals surface area (Å²) >= 11 is 0. The van der Waals surface area contributed by atoms with Gasteiger partial charge in [-0.25, -0.2) is 0 Å². The Morgan fingerprint density at radius 1 is 1.44 bits per heavy atom. The molecule has 0 aliphatic heterocycles. The summed E-state index contributed by atoms with van der Waals surface area (Å²) in [6, 6.07) is 6.24. The van der Waals surface area contributed by atoms with Crippen LogP contribution in [0.5, 0.6) is 0 Å². The average Bonchev–Trinajstić information content (AvgIpc) is 3.11. The first-order chi connectivity index (χ1) is 7.70. The molecule has 1 aliphatic rings. The number of hydrogen-bond donors (Lipinski definition) is 2. The van der Waals surface area contributed by atoms with E-state index in [-0.39, 0.29) is 6.10 Å². The molecule has 0 spiro atoms. The Labute approximate surface area is 97.5 Å². The summed E-state index contributed by atoms with van der Waals surface area (Å²) in [5, 5.41) is 9.83. The van der Waals surface area contributed by atoms with Gasteiger partial charge in [-0.2, -0.15) is 0 Å². The first-order valence-electron chi connectivity index (χ1n) is 6.26. The van der Waals surface area contributed by atoms with Crippen molar-refractivity contribution < 1.29 is 5.11 Å². The van der Waals surface area contributed by atoms with Crippen LogP contribution >= 0.6 is 0 Å². The molecule has 2 nitrogen and oxygen atoms in total. The molecule has 1 fully saturated rings. The van der Waals surface area contributed by atoms with Crippen molar-refractivity contribution in [2.75, 3.05) is 5.73 Å². The van der Waals surface area contributed by atoms with Crippen molar-refractivity contribution in [1.29, 1.82) is 0 Å². The van der Waals surface area contributed by atoms with Crippen LogP contribution < -0.4 is 5.73 Å². The van der Waals surface area contributed by atoms with E-state index in [0.29, 0.717) is 5.92 Å². The van der Waals surface area contributed by atoms with Gasteiger partial charge in [0.05, 0.1) is 6.10 Å². The third-order valence-corrected chi connectivity index (χ3v) is 3.49. The third kappa shape index (κ3) is 2.76. The molecule has 0 radical (unpaired) electrons. The van der Waals surface area contributed by atoms with Crippen molar-refractivity contribution in [3.05, 3.63) is 29.3 Å². The zero-order valence-corrected chi connectivity index (χ0v) is 9.95. The van der Waals surface area contributed by atoms with E-state index in [1.165, 1.54) is 24.0 Å². The van der Waals surface area contributed by atoms with Gasteiger partial charge in [0.25, 0.3) is 0 Å². The molecule has 2 rings (SSSR count). The summed E-state index contributed by atoms with van der Waals surface area (Å²) < 4.78 is 0. The number of nitrogen functional groups attached to an aromatic ring is 1. The zero-order valence-electron chi connectivity index (χ0n) is 9.95. The SMILES string of the molecule is CCc1ccc(N)c(CCC(O)C2CC2)c1. The van der Waals surface area contributed by atoms with Gasteiger partial charge in [-0.15, -0.1) is 0 Å². The molecule has 16 heavy (non-hydrogen) atoms. The largest absolute Gasteiger partial charge is 0.399 e. The summed E-state index contributed by atoms with van der Waals surface area (Å²) in [6.07, 6.45) is 5.07. The fourth-order valence-electron chi connectivity index (χ4n) is 2.12. The van der Waals surface area contributed by atoms with Gasteiger partial charge in [-0.3, -0.25) is 0 Å². The monoisotopic (exact) mass is 219 g/mol. The lowest BCUT2D eigenvalue weighted by molar-refractivity contribution is 0.142. The number of aryl methyl sites for hydroxylation is 2. The molecule has 0 heterocycles. The van der Waals surface area contributed by atoms with Crippen LogP contribution in [-0.4, -0.2) is 11.2 Å². The van der Waals surface area contributed by atoms with E-state index in [1.54, 1.807) is 0 Å². The first kappa shape index (κ1) is 11.5. The second-order valence-corrected chi connectivity index (χ2v) is 4.83. The lowest BCUT2D eigenvalue weighted by atomic mass is 10.00. The molecule has 0 amide bonds. The second-order valence-electron chi connectivity index (χ2n) is 4.83. The summed E-state index contributed by atoms with van der Waals surface area (Å²) in [5.74, 6) is 0.565. The number of aliphatic hydroxyl groups excluding tert-OH is 1. The second kappa shape index (κ2) is 4.88. The topological polar surface area (TPSA) is 46.2 Å². The van der Waals surface area contributed by atoms with Gasteiger partial charge in [0.1, 0.15) is 0 Å². The predicted molar refractivity (Wildman–Crippen MR) is 67.3 cm³/mol. The van der Waals surface area contributed by atoms with Gasteiger partial charge in [0, 0.05) is 5.69 Å². The van der Waals surface area contributed by atoms with Crippen LogP contribution in [0.1, 0.15) is 37.3 Å². The summed E-state index contributed by atoms with van der Waals surface area (Å²) in [7, 11) is 0. The minimum Gasteiger partial charge on any atom is -0.399 e. The molecule has 88 valence electrons. The Balaban J connectivity index is 1.96. The van der Waals surface area contributed by atoms with Crippen molar-refractivity contribution >= 4 is 5.69 Å². The Bertz CT molecular complexity index is 358. The summed E-state index contributed by atoms with van der Waals surface area (Å²) in [4.78, 5) is 0. The maximum atomic E-state index is 9.83. The van der Waals surface area contributed by atoms with Crippen molar-refractivity contribution in [3.8, 4) is 0 Å². The Morgan fingerprint density at radius 3 is 2.81 bits per heavy atom. The van der Waals surface area contributed by atoms with Crippen LogP contribution in [-0.2, 0) is 12.8 Å². The van der Waals surface area contributed by atoms with E-state index < -0.39 is 0 Å². The highest BCUT2D eigenvalue weighted by Gasteiger charge is 2.29. The average molecular weight is 219 g/mol. The molecular formula is C14H21NO. The normalized spacial score (nSPS) is 17.4. The number of hydrogen-bond acceptors (Lipinski definition) is 2. The smallest absolute Gasteiger partial charge is 0.0571 e. The van der Waals surface area contributed by atoms with Crippen LogP contribution in [0.3, 0.4) is 0 Å². The van der Waals surface area contributed by atoms with Crippen LogP contribution in [0.4, 0.5) is 5.69 Å². The summed E-state index contributed by atoms with van der Waals surface area (Å²) in [5.41, 5.74) is 9.32. The number of aliphatic hydroxyl groups is 1. The van der Waals surface area contributed by atoms with E-state index in [0.717, 1.165) is 24.9 Å². The molecule has 1 aromatic rings. The van der Waals surface area contributed by atoms with E-state index in [4.69, 9.17) is 5.73 Å². The van der Waals surface area contributed by atoms with E-state index in [9.17, 15) is 5.11 Å². The zero-order chi connectivity index (χ0) is 11.5. The predicted octanol–water partition coefficient (Wildman–Crippen LogP) is 2.53.